The van der Waals surface area contributed by atoms with Crippen LogP contribution in [0.2, 0.25) is 0 Å². The lowest BCUT2D eigenvalue weighted by molar-refractivity contribution is -0.140. The van der Waals surface area contributed by atoms with E-state index in [0.717, 1.165) is 16.9 Å². The topological polar surface area (TPSA) is 49.4 Å². The number of nitrogens with one attached hydrogen (secondary N) is 1. The molecule has 0 fully saturated rings. The van der Waals surface area contributed by atoms with E-state index in [4.69, 9.17) is 0 Å². The monoisotopic (exact) mass is 416 g/mol. The van der Waals surface area contributed by atoms with Crippen molar-refractivity contribution in [3.8, 4) is 0 Å². The van der Waals surface area contributed by atoms with Crippen molar-refractivity contribution in [2.75, 3.05) is 5.75 Å². The number of halogens is 1. The first-order valence-electron chi connectivity index (χ1n) is 9.92. The molecule has 0 saturated carbocycles. The Morgan fingerprint density at radius 3 is 2.34 bits per heavy atom. The summed E-state index contributed by atoms with van der Waals surface area (Å²) in [5, 5.41) is 2.94. The highest BCUT2D eigenvalue weighted by atomic mass is 32.2. The molecule has 0 saturated heterocycles. The lowest BCUT2D eigenvalue weighted by atomic mass is 10.1. The van der Waals surface area contributed by atoms with E-state index >= 15 is 0 Å². The van der Waals surface area contributed by atoms with E-state index in [1.54, 1.807) is 35.7 Å². The maximum atomic E-state index is 13.2. The van der Waals surface area contributed by atoms with E-state index < -0.39 is 6.04 Å². The average Bonchev–Trinajstić information content (AvgIpc) is 2.73. The predicted octanol–water partition coefficient (Wildman–Crippen LogP) is 4.64. The minimum Gasteiger partial charge on any atom is -0.352 e. The van der Waals surface area contributed by atoms with Gasteiger partial charge in [0.1, 0.15) is 11.9 Å². The maximum Gasteiger partial charge on any atom is 0.242 e. The van der Waals surface area contributed by atoms with Gasteiger partial charge in [0.05, 0.1) is 0 Å². The summed E-state index contributed by atoms with van der Waals surface area (Å²) in [6.07, 6.45) is 1.14. The molecule has 4 nitrogen and oxygen atoms in total. The Morgan fingerprint density at radius 2 is 1.72 bits per heavy atom. The van der Waals surface area contributed by atoms with Crippen LogP contribution in [0, 0.1) is 5.82 Å². The molecule has 2 unspecified atom stereocenters. The third-order valence-corrected chi connectivity index (χ3v) is 5.78. The Kier molecular flexibility index (Phi) is 9.19. The first-order chi connectivity index (χ1) is 13.9. The van der Waals surface area contributed by atoms with Crippen molar-refractivity contribution in [3.63, 3.8) is 0 Å². The standard InChI is InChI=1S/C23H29FN2O2S/c1-4-17(2)25-23(28)18(3)26(16-19-10-12-20(24)13-11-19)22(27)14-15-29-21-8-6-5-7-9-21/h5-13,17-18H,4,14-16H2,1-3H3,(H,25,28). The minimum atomic E-state index is -0.608. The van der Waals surface area contributed by atoms with Crippen LogP contribution in [0.1, 0.15) is 39.2 Å². The van der Waals surface area contributed by atoms with Crippen LogP contribution in [-0.2, 0) is 16.1 Å². The number of carbonyl (C=O) groups is 2. The highest BCUT2D eigenvalue weighted by molar-refractivity contribution is 7.99. The van der Waals surface area contributed by atoms with Crippen molar-refractivity contribution < 1.29 is 14.0 Å². The molecule has 2 aromatic rings. The second-order valence-corrected chi connectivity index (χ2v) is 8.22. The number of carbonyl (C=O) groups excluding carboxylic acids is 2. The molecule has 1 N–H and O–H groups in total. The van der Waals surface area contributed by atoms with Gasteiger partial charge in [-0.2, -0.15) is 0 Å². The number of hydrogen-bond acceptors (Lipinski definition) is 3. The van der Waals surface area contributed by atoms with Crippen LogP contribution >= 0.6 is 11.8 Å². The van der Waals surface area contributed by atoms with Gasteiger partial charge >= 0.3 is 0 Å². The lowest BCUT2D eigenvalue weighted by Gasteiger charge is -2.29. The number of amides is 2. The van der Waals surface area contributed by atoms with E-state index in [-0.39, 0.29) is 30.2 Å². The molecule has 0 aromatic heterocycles. The van der Waals surface area contributed by atoms with E-state index in [1.165, 1.54) is 12.1 Å². The Morgan fingerprint density at radius 1 is 1.07 bits per heavy atom. The van der Waals surface area contributed by atoms with E-state index in [0.29, 0.717) is 12.2 Å². The zero-order valence-corrected chi connectivity index (χ0v) is 18.0. The number of benzene rings is 2. The second kappa shape index (κ2) is 11.6. The molecule has 2 aromatic carbocycles. The molecule has 0 aliphatic heterocycles. The first kappa shape index (κ1) is 22.9. The van der Waals surface area contributed by atoms with Crippen LogP contribution in [0.25, 0.3) is 0 Å². The number of rotatable bonds is 10. The molecule has 29 heavy (non-hydrogen) atoms. The third-order valence-electron chi connectivity index (χ3n) is 4.76. The summed E-state index contributed by atoms with van der Waals surface area (Å²) < 4.78 is 13.2. The maximum absolute atomic E-state index is 13.2. The van der Waals surface area contributed by atoms with Gasteiger partial charge in [0.2, 0.25) is 11.8 Å². The van der Waals surface area contributed by atoms with Gasteiger partial charge in [0.25, 0.3) is 0 Å². The first-order valence-corrected chi connectivity index (χ1v) is 10.9. The van der Waals surface area contributed by atoms with Crippen LogP contribution in [0.5, 0.6) is 0 Å². The van der Waals surface area contributed by atoms with Crippen molar-refractivity contribution in [3.05, 3.63) is 66.0 Å². The van der Waals surface area contributed by atoms with Crippen LogP contribution in [-0.4, -0.2) is 34.6 Å². The average molecular weight is 417 g/mol. The van der Waals surface area contributed by atoms with Crippen molar-refractivity contribution in [1.29, 1.82) is 0 Å². The molecular formula is C23H29FN2O2S. The molecule has 0 radical (unpaired) electrons. The van der Waals surface area contributed by atoms with E-state index in [1.807, 2.05) is 44.2 Å². The molecule has 6 heteroatoms. The third kappa shape index (κ3) is 7.54. The number of thioether (sulfide) groups is 1. The fourth-order valence-corrected chi connectivity index (χ4v) is 3.61. The Labute approximate surface area is 176 Å². The van der Waals surface area contributed by atoms with Gasteiger partial charge in [-0.05, 0) is 50.1 Å². The van der Waals surface area contributed by atoms with Gasteiger partial charge in [-0.15, -0.1) is 11.8 Å². The number of hydrogen-bond donors (Lipinski definition) is 1. The Balaban J connectivity index is 2.06. The summed E-state index contributed by atoms with van der Waals surface area (Å²) in [7, 11) is 0. The van der Waals surface area contributed by atoms with Gasteiger partial charge in [-0.1, -0.05) is 37.3 Å². The highest BCUT2D eigenvalue weighted by Gasteiger charge is 2.26. The van der Waals surface area contributed by atoms with Crippen molar-refractivity contribution >= 4 is 23.6 Å². The van der Waals surface area contributed by atoms with Gasteiger partial charge in [0.15, 0.2) is 0 Å². The van der Waals surface area contributed by atoms with Gasteiger partial charge in [-0.25, -0.2) is 4.39 Å². The zero-order chi connectivity index (χ0) is 21.2. The summed E-state index contributed by atoms with van der Waals surface area (Å²) in [5.41, 5.74) is 0.790. The van der Waals surface area contributed by atoms with Crippen molar-refractivity contribution in [1.82, 2.24) is 10.2 Å². The summed E-state index contributed by atoms with van der Waals surface area (Å²) >= 11 is 1.61. The summed E-state index contributed by atoms with van der Waals surface area (Å²) in [6, 6.07) is 15.4. The Bertz CT molecular complexity index is 783. The fourth-order valence-electron chi connectivity index (χ4n) is 2.75. The lowest BCUT2D eigenvalue weighted by Crippen LogP contribution is -2.49. The van der Waals surface area contributed by atoms with Crippen LogP contribution in [0.15, 0.2) is 59.5 Å². The van der Waals surface area contributed by atoms with Crippen molar-refractivity contribution in [2.24, 2.45) is 0 Å². The van der Waals surface area contributed by atoms with Gasteiger partial charge in [0, 0.05) is 29.7 Å². The number of nitrogens with zero attached hydrogens (tertiary/aromatic N) is 1. The van der Waals surface area contributed by atoms with Gasteiger partial charge < -0.3 is 10.2 Å². The largest absolute Gasteiger partial charge is 0.352 e. The fraction of sp³-hybridized carbons (Fsp3) is 0.391. The quantitative estimate of drug-likeness (QED) is 0.574. The smallest absolute Gasteiger partial charge is 0.242 e. The summed E-state index contributed by atoms with van der Waals surface area (Å²) in [5.74, 6) is 0.0335. The molecule has 2 amide bonds. The van der Waals surface area contributed by atoms with Gasteiger partial charge in [-0.3, -0.25) is 9.59 Å². The molecule has 2 rings (SSSR count). The highest BCUT2D eigenvalue weighted by Crippen LogP contribution is 2.19. The molecule has 156 valence electrons. The SMILES string of the molecule is CCC(C)NC(=O)C(C)N(Cc1ccc(F)cc1)C(=O)CCSc1ccccc1. The minimum absolute atomic E-state index is 0.0429. The molecular weight excluding hydrogens is 387 g/mol. The molecule has 2 atom stereocenters. The molecule has 0 aliphatic carbocycles. The van der Waals surface area contributed by atoms with Crippen LogP contribution in [0.4, 0.5) is 4.39 Å². The second-order valence-electron chi connectivity index (χ2n) is 7.05. The van der Waals surface area contributed by atoms with Crippen LogP contribution in [0.3, 0.4) is 0 Å². The summed E-state index contributed by atoms with van der Waals surface area (Å²) in [4.78, 5) is 28.3. The van der Waals surface area contributed by atoms with E-state index in [9.17, 15) is 14.0 Å². The predicted molar refractivity (Wildman–Crippen MR) is 116 cm³/mol. The van der Waals surface area contributed by atoms with E-state index in [2.05, 4.69) is 5.32 Å². The molecule has 0 aliphatic rings. The molecule has 0 heterocycles. The zero-order valence-electron chi connectivity index (χ0n) is 17.2. The van der Waals surface area contributed by atoms with Crippen molar-refractivity contribution in [2.45, 2.75) is 57.1 Å². The molecule has 0 spiro atoms. The summed E-state index contributed by atoms with van der Waals surface area (Å²) in [6.45, 7) is 5.94. The normalized spacial score (nSPS) is 12.8. The molecule has 0 bridgehead atoms. The Hall–Kier alpha value is -2.34. The van der Waals surface area contributed by atoms with Crippen LogP contribution < -0.4 is 5.32 Å².